The quantitative estimate of drug-likeness (QED) is 0.788. The number of hydrogen-bond donors (Lipinski definition) is 2. The zero-order valence-corrected chi connectivity index (χ0v) is 12.0. The topological polar surface area (TPSA) is 72.2 Å². The fourth-order valence-corrected chi connectivity index (χ4v) is 4.21. The molecule has 0 aliphatic heterocycles. The van der Waals surface area contributed by atoms with Crippen LogP contribution in [0.2, 0.25) is 0 Å². The van der Waals surface area contributed by atoms with Crippen molar-refractivity contribution < 1.29 is 8.42 Å². The van der Waals surface area contributed by atoms with E-state index in [4.69, 9.17) is 5.73 Å². The largest absolute Gasteiger partial charge is 0.329 e. The van der Waals surface area contributed by atoms with Crippen LogP contribution in [0.1, 0.15) is 46.5 Å². The van der Waals surface area contributed by atoms with Crippen molar-refractivity contribution in [2.75, 3.05) is 6.54 Å². The molecule has 1 saturated carbocycles. The molecule has 5 heteroatoms. The molecule has 3 N–H and O–H groups in total. The Hall–Kier alpha value is -0.130. The van der Waals surface area contributed by atoms with E-state index in [0.29, 0.717) is 18.3 Å². The number of nitrogens with two attached hydrogens (primary N) is 1. The normalized spacial score (nSPS) is 32.4. The van der Waals surface area contributed by atoms with Crippen molar-refractivity contribution in [3.8, 4) is 0 Å². The van der Waals surface area contributed by atoms with Gasteiger partial charge in [-0.2, -0.15) is 0 Å². The molecule has 4 atom stereocenters. The number of sulfonamides is 1. The van der Waals surface area contributed by atoms with Gasteiger partial charge in [-0.25, -0.2) is 13.1 Å². The van der Waals surface area contributed by atoms with Gasteiger partial charge in [-0.1, -0.05) is 33.6 Å². The molecule has 4 unspecified atom stereocenters. The summed E-state index contributed by atoms with van der Waals surface area (Å²) < 4.78 is 27.1. The second kappa shape index (κ2) is 6.16. The summed E-state index contributed by atoms with van der Waals surface area (Å²) in [5.41, 5.74) is 5.52. The molecular formula is C12H26N2O2S. The lowest BCUT2D eigenvalue weighted by Gasteiger charge is -2.35. The van der Waals surface area contributed by atoms with Gasteiger partial charge in [-0.15, -0.1) is 0 Å². The zero-order valence-electron chi connectivity index (χ0n) is 11.1. The third-order valence-electron chi connectivity index (χ3n) is 4.18. The van der Waals surface area contributed by atoms with E-state index in [0.717, 1.165) is 12.8 Å². The molecule has 17 heavy (non-hydrogen) atoms. The average molecular weight is 262 g/mol. The van der Waals surface area contributed by atoms with Gasteiger partial charge in [0.05, 0.1) is 5.25 Å². The fourth-order valence-electron chi connectivity index (χ4n) is 2.57. The first-order valence-corrected chi connectivity index (χ1v) is 8.18. The Morgan fingerprint density at radius 1 is 1.35 bits per heavy atom. The molecule has 0 saturated heterocycles. The lowest BCUT2D eigenvalue weighted by molar-refractivity contribution is 0.226. The predicted molar refractivity (Wildman–Crippen MR) is 71.2 cm³/mol. The summed E-state index contributed by atoms with van der Waals surface area (Å²) in [5, 5.41) is -0.452. The van der Waals surface area contributed by atoms with Gasteiger partial charge in [-0.3, -0.25) is 0 Å². The molecule has 0 aromatic carbocycles. The van der Waals surface area contributed by atoms with Gasteiger partial charge in [0, 0.05) is 12.6 Å². The van der Waals surface area contributed by atoms with Crippen molar-refractivity contribution in [3.05, 3.63) is 0 Å². The highest BCUT2D eigenvalue weighted by molar-refractivity contribution is 7.90. The third kappa shape index (κ3) is 3.66. The standard InChI is InChI=1S/C12H26N2O2S/c1-4-11(8-13)17(15,16)14-12-7-5-6-9(2)10(12)3/h9-12,14H,4-8,13H2,1-3H3. The van der Waals surface area contributed by atoms with Crippen molar-refractivity contribution in [1.29, 1.82) is 0 Å². The van der Waals surface area contributed by atoms with Gasteiger partial charge >= 0.3 is 0 Å². The van der Waals surface area contributed by atoms with E-state index in [-0.39, 0.29) is 12.6 Å². The summed E-state index contributed by atoms with van der Waals surface area (Å²) in [7, 11) is -3.25. The van der Waals surface area contributed by atoms with E-state index in [1.807, 2.05) is 6.92 Å². The molecule has 0 aromatic rings. The first-order valence-electron chi connectivity index (χ1n) is 6.63. The van der Waals surface area contributed by atoms with E-state index in [9.17, 15) is 8.42 Å². The van der Waals surface area contributed by atoms with E-state index in [1.165, 1.54) is 6.42 Å². The van der Waals surface area contributed by atoms with Crippen molar-refractivity contribution >= 4 is 10.0 Å². The maximum absolute atomic E-state index is 12.1. The first kappa shape index (κ1) is 14.9. The summed E-state index contributed by atoms with van der Waals surface area (Å²) >= 11 is 0. The highest BCUT2D eigenvalue weighted by atomic mass is 32.2. The van der Waals surface area contributed by atoms with Crippen molar-refractivity contribution in [2.45, 2.75) is 57.7 Å². The predicted octanol–water partition coefficient (Wildman–Crippen LogP) is 1.47. The Kier molecular flexibility index (Phi) is 5.41. The van der Waals surface area contributed by atoms with Gasteiger partial charge in [0.2, 0.25) is 10.0 Å². The smallest absolute Gasteiger partial charge is 0.215 e. The second-order valence-electron chi connectivity index (χ2n) is 5.30. The van der Waals surface area contributed by atoms with Crippen LogP contribution in [0.4, 0.5) is 0 Å². The van der Waals surface area contributed by atoms with E-state index < -0.39 is 15.3 Å². The third-order valence-corrected chi connectivity index (χ3v) is 6.21. The van der Waals surface area contributed by atoms with Crippen LogP contribution in [0.15, 0.2) is 0 Å². The highest BCUT2D eigenvalue weighted by Gasteiger charge is 2.32. The van der Waals surface area contributed by atoms with Crippen LogP contribution < -0.4 is 10.5 Å². The Balaban J connectivity index is 2.69. The van der Waals surface area contributed by atoms with Gasteiger partial charge in [0.1, 0.15) is 0 Å². The van der Waals surface area contributed by atoms with Crippen LogP contribution in [0.3, 0.4) is 0 Å². The summed E-state index contributed by atoms with van der Waals surface area (Å²) in [6, 6.07) is 0.0874. The minimum atomic E-state index is -3.25. The molecule has 102 valence electrons. The monoisotopic (exact) mass is 262 g/mol. The van der Waals surface area contributed by atoms with Gasteiger partial charge in [0.15, 0.2) is 0 Å². The summed E-state index contributed by atoms with van der Waals surface area (Å²) in [4.78, 5) is 0. The Bertz CT molecular complexity index is 325. The molecule has 1 aliphatic rings. The summed E-state index contributed by atoms with van der Waals surface area (Å²) in [5.74, 6) is 1.00. The maximum atomic E-state index is 12.1. The van der Waals surface area contributed by atoms with Crippen molar-refractivity contribution in [1.82, 2.24) is 4.72 Å². The molecule has 0 radical (unpaired) electrons. The Morgan fingerprint density at radius 3 is 2.53 bits per heavy atom. The molecule has 0 amide bonds. The Morgan fingerprint density at radius 2 is 2.00 bits per heavy atom. The lowest BCUT2D eigenvalue weighted by Crippen LogP contribution is -2.48. The van der Waals surface area contributed by atoms with Crippen molar-refractivity contribution in [3.63, 3.8) is 0 Å². The maximum Gasteiger partial charge on any atom is 0.215 e. The molecule has 1 rings (SSSR count). The summed E-state index contributed by atoms with van der Waals surface area (Å²) in [6.07, 6.45) is 3.83. The van der Waals surface area contributed by atoms with Crippen LogP contribution in [0.5, 0.6) is 0 Å². The minimum Gasteiger partial charge on any atom is -0.329 e. The van der Waals surface area contributed by atoms with Crippen LogP contribution >= 0.6 is 0 Å². The Labute approximate surface area is 105 Å². The SMILES string of the molecule is CCC(CN)S(=O)(=O)NC1CCCC(C)C1C. The van der Waals surface area contributed by atoms with Crippen LogP contribution in [0.25, 0.3) is 0 Å². The minimum absolute atomic E-state index is 0.0874. The molecule has 0 aromatic heterocycles. The van der Waals surface area contributed by atoms with Crippen LogP contribution in [0, 0.1) is 11.8 Å². The van der Waals surface area contributed by atoms with Gasteiger partial charge < -0.3 is 5.73 Å². The molecule has 1 aliphatic carbocycles. The van der Waals surface area contributed by atoms with Crippen LogP contribution in [-0.2, 0) is 10.0 Å². The molecule has 1 fully saturated rings. The van der Waals surface area contributed by atoms with Gasteiger partial charge in [0.25, 0.3) is 0 Å². The number of nitrogens with one attached hydrogen (secondary N) is 1. The first-order chi connectivity index (χ1) is 7.92. The molecule has 0 spiro atoms. The second-order valence-corrected chi connectivity index (χ2v) is 7.30. The molecule has 0 heterocycles. The fraction of sp³-hybridized carbons (Fsp3) is 1.00. The van der Waals surface area contributed by atoms with E-state index in [1.54, 1.807) is 0 Å². The zero-order chi connectivity index (χ0) is 13.1. The van der Waals surface area contributed by atoms with E-state index >= 15 is 0 Å². The average Bonchev–Trinajstić information content (AvgIpc) is 2.26. The molecule has 4 nitrogen and oxygen atoms in total. The lowest BCUT2D eigenvalue weighted by atomic mass is 9.78. The van der Waals surface area contributed by atoms with Crippen molar-refractivity contribution in [2.24, 2.45) is 17.6 Å². The highest BCUT2D eigenvalue weighted by Crippen LogP contribution is 2.30. The van der Waals surface area contributed by atoms with Crippen LogP contribution in [-0.4, -0.2) is 26.3 Å². The van der Waals surface area contributed by atoms with Gasteiger partial charge in [-0.05, 0) is 24.7 Å². The number of rotatable bonds is 5. The van der Waals surface area contributed by atoms with E-state index in [2.05, 4.69) is 18.6 Å². The molecule has 0 bridgehead atoms. The molecular weight excluding hydrogens is 236 g/mol. The summed E-state index contributed by atoms with van der Waals surface area (Å²) in [6.45, 7) is 6.40. The number of hydrogen-bond acceptors (Lipinski definition) is 3.